The van der Waals surface area contributed by atoms with Crippen LogP contribution in [0, 0.1) is 6.92 Å². The molecule has 0 amide bonds. The van der Waals surface area contributed by atoms with Crippen molar-refractivity contribution in [2.75, 3.05) is 19.9 Å². The first-order valence-corrected chi connectivity index (χ1v) is 6.25. The van der Waals surface area contributed by atoms with Gasteiger partial charge in [0, 0.05) is 12.6 Å². The standard InChI is InChI=1S/C14H21NO2/c1-11-3-5-13(6-4-11)12(2)15-9-14-7-8-16-10-17-14/h3-6,12,14-15H,7-10H2,1-2H3. The Kier molecular flexibility index (Phi) is 4.54. The maximum Gasteiger partial charge on any atom is 0.147 e. The summed E-state index contributed by atoms with van der Waals surface area (Å²) < 4.78 is 10.7. The highest BCUT2D eigenvalue weighted by molar-refractivity contribution is 5.23. The van der Waals surface area contributed by atoms with Crippen molar-refractivity contribution in [1.82, 2.24) is 5.32 Å². The van der Waals surface area contributed by atoms with Crippen LogP contribution in [-0.2, 0) is 9.47 Å². The minimum Gasteiger partial charge on any atom is -0.355 e. The molecule has 1 fully saturated rings. The molecule has 0 aliphatic carbocycles. The molecule has 1 heterocycles. The number of nitrogens with one attached hydrogen (secondary N) is 1. The van der Waals surface area contributed by atoms with Gasteiger partial charge < -0.3 is 14.8 Å². The minimum atomic E-state index is 0.289. The van der Waals surface area contributed by atoms with Crippen molar-refractivity contribution in [3.63, 3.8) is 0 Å². The van der Waals surface area contributed by atoms with Crippen molar-refractivity contribution in [2.45, 2.75) is 32.4 Å². The van der Waals surface area contributed by atoms with Crippen LogP contribution in [0.1, 0.15) is 30.5 Å². The van der Waals surface area contributed by atoms with Crippen molar-refractivity contribution < 1.29 is 9.47 Å². The fourth-order valence-corrected chi connectivity index (χ4v) is 1.94. The van der Waals surface area contributed by atoms with E-state index in [1.165, 1.54) is 11.1 Å². The van der Waals surface area contributed by atoms with Gasteiger partial charge in [-0.25, -0.2) is 0 Å². The predicted octanol–water partition coefficient (Wildman–Crippen LogP) is 2.41. The zero-order valence-electron chi connectivity index (χ0n) is 10.6. The highest BCUT2D eigenvalue weighted by atomic mass is 16.7. The zero-order valence-corrected chi connectivity index (χ0v) is 10.6. The number of rotatable bonds is 4. The number of benzene rings is 1. The molecular weight excluding hydrogens is 214 g/mol. The lowest BCUT2D eigenvalue weighted by Gasteiger charge is -2.25. The van der Waals surface area contributed by atoms with Gasteiger partial charge in [-0.05, 0) is 25.8 Å². The smallest absolute Gasteiger partial charge is 0.147 e. The van der Waals surface area contributed by atoms with Crippen LogP contribution in [0.3, 0.4) is 0 Å². The quantitative estimate of drug-likeness (QED) is 0.869. The first kappa shape index (κ1) is 12.6. The summed E-state index contributed by atoms with van der Waals surface area (Å²) in [6, 6.07) is 9.02. The second-order valence-corrected chi connectivity index (χ2v) is 4.64. The molecule has 3 nitrogen and oxygen atoms in total. The maximum atomic E-state index is 5.50. The first-order valence-electron chi connectivity index (χ1n) is 6.25. The molecule has 0 bridgehead atoms. The molecule has 1 saturated heterocycles. The van der Waals surface area contributed by atoms with Gasteiger partial charge in [-0.15, -0.1) is 0 Å². The Hall–Kier alpha value is -0.900. The molecule has 0 saturated carbocycles. The van der Waals surface area contributed by atoms with Crippen molar-refractivity contribution in [3.05, 3.63) is 35.4 Å². The Bertz CT molecular complexity index is 331. The molecule has 2 unspecified atom stereocenters. The van der Waals surface area contributed by atoms with Gasteiger partial charge in [0.25, 0.3) is 0 Å². The SMILES string of the molecule is Cc1ccc(C(C)NCC2CCOCO2)cc1. The van der Waals surface area contributed by atoms with E-state index in [1.807, 2.05) is 0 Å². The predicted molar refractivity (Wildman–Crippen MR) is 67.9 cm³/mol. The molecule has 94 valence electrons. The Labute approximate surface area is 103 Å². The molecule has 1 N–H and O–H groups in total. The average molecular weight is 235 g/mol. The number of ether oxygens (including phenoxy) is 2. The van der Waals surface area contributed by atoms with Gasteiger partial charge in [0.1, 0.15) is 6.79 Å². The third kappa shape index (κ3) is 3.80. The molecule has 2 atom stereocenters. The van der Waals surface area contributed by atoms with Crippen LogP contribution in [0.4, 0.5) is 0 Å². The molecule has 0 aromatic heterocycles. The minimum absolute atomic E-state index is 0.289. The molecular formula is C14H21NO2. The van der Waals surface area contributed by atoms with Crippen LogP contribution in [0.5, 0.6) is 0 Å². The molecule has 3 heteroatoms. The summed E-state index contributed by atoms with van der Waals surface area (Å²) in [5, 5.41) is 3.51. The lowest BCUT2D eigenvalue weighted by Crippen LogP contribution is -2.35. The highest BCUT2D eigenvalue weighted by Gasteiger charge is 2.15. The number of aryl methyl sites for hydroxylation is 1. The molecule has 2 rings (SSSR count). The molecule has 1 aromatic rings. The summed E-state index contributed by atoms with van der Waals surface area (Å²) in [5.41, 5.74) is 2.62. The van der Waals surface area contributed by atoms with E-state index in [2.05, 4.69) is 43.4 Å². The largest absolute Gasteiger partial charge is 0.355 e. The van der Waals surface area contributed by atoms with Crippen LogP contribution in [0.25, 0.3) is 0 Å². The summed E-state index contributed by atoms with van der Waals surface area (Å²) in [5.74, 6) is 0. The second kappa shape index (κ2) is 6.15. The van der Waals surface area contributed by atoms with Crippen molar-refractivity contribution in [2.24, 2.45) is 0 Å². The highest BCUT2D eigenvalue weighted by Crippen LogP contribution is 2.14. The number of hydrogen-bond donors (Lipinski definition) is 1. The van der Waals surface area contributed by atoms with Gasteiger partial charge in [0.15, 0.2) is 0 Å². The van der Waals surface area contributed by atoms with E-state index in [9.17, 15) is 0 Å². The van der Waals surface area contributed by atoms with E-state index in [-0.39, 0.29) is 6.10 Å². The molecule has 1 aromatic carbocycles. The fourth-order valence-electron chi connectivity index (χ4n) is 1.94. The van der Waals surface area contributed by atoms with Crippen LogP contribution in [-0.4, -0.2) is 26.0 Å². The molecule has 0 spiro atoms. The van der Waals surface area contributed by atoms with E-state index in [4.69, 9.17) is 9.47 Å². The zero-order chi connectivity index (χ0) is 12.1. The molecule has 1 aliphatic heterocycles. The molecule has 0 radical (unpaired) electrons. The Morgan fingerprint density at radius 1 is 1.35 bits per heavy atom. The van der Waals surface area contributed by atoms with Crippen LogP contribution < -0.4 is 5.32 Å². The lowest BCUT2D eigenvalue weighted by molar-refractivity contribution is -0.137. The van der Waals surface area contributed by atoms with E-state index < -0.39 is 0 Å². The maximum absolute atomic E-state index is 5.50. The van der Waals surface area contributed by atoms with Crippen LogP contribution in [0.15, 0.2) is 24.3 Å². The van der Waals surface area contributed by atoms with Gasteiger partial charge in [-0.2, -0.15) is 0 Å². The summed E-state index contributed by atoms with van der Waals surface area (Å²) in [4.78, 5) is 0. The Morgan fingerprint density at radius 2 is 2.12 bits per heavy atom. The van der Waals surface area contributed by atoms with Crippen molar-refractivity contribution >= 4 is 0 Å². The van der Waals surface area contributed by atoms with Gasteiger partial charge in [-0.3, -0.25) is 0 Å². The fraction of sp³-hybridized carbons (Fsp3) is 0.571. The lowest BCUT2D eigenvalue weighted by atomic mass is 10.1. The van der Waals surface area contributed by atoms with Crippen molar-refractivity contribution in [1.29, 1.82) is 0 Å². The third-order valence-corrected chi connectivity index (χ3v) is 3.20. The normalized spacial score (nSPS) is 22.4. The van der Waals surface area contributed by atoms with E-state index in [1.54, 1.807) is 0 Å². The third-order valence-electron chi connectivity index (χ3n) is 3.20. The monoisotopic (exact) mass is 235 g/mol. The van der Waals surface area contributed by atoms with Gasteiger partial charge in [0.2, 0.25) is 0 Å². The van der Waals surface area contributed by atoms with Gasteiger partial charge in [0.05, 0.1) is 12.7 Å². The van der Waals surface area contributed by atoms with Gasteiger partial charge >= 0.3 is 0 Å². The summed E-state index contributed by atoms with van der Waals surface area (Å²) in [6.07, 6.45) is 1.27. The topological polar surface area (TPSA) is 30.5 Å². The van der Waals surface area contributed by atoms with E-state index in [0.717, 1.165) is 19.6 Å². The Morgan fingerprint density at radius 3 is 2.76 bits per heavy atom. The number of hydrogen-bond acceptors (Lipinski definition) is 3. The first-order chi connectivity index (χ1) is 8.25. The summed E-state index contributed by atoms with van der Waals surface area (Å²) in [6.45, 7) is 6.43. The van der Waals surface area contributed by atoms with Crippen LogP contribution >= 0.6 is 0 Å². The summed E-state index contributed by atoms with van der Waals surface area (Å²) >= 11 is 0. The van der Waals surface area contributed by atoms with E-state index in [0.29, 0.717) is 12.8 Å². The summed E-state index contributed by atoms with van der Waals surface area (Å²) in [7, 11) is 0. The van der Waals surface area contributed by atoms with Crippen molar-refractivity contribution in [3.8, 4) is 0 Å². The van der Waals surface area contributed by atoms with E-state index >= 15 is 0 Å². The Balaban J connectivity index is 1.80. The molecule has 1 aliphatic rings. The average Bonchev–Trinajstić information content (AvgIpc) is 2.38. The second-order valence-electron chi connectivity index (χ2n) is 4.64. The molecule has 17 heavy (non-hydrogen) atoms. The van der Waals surface area contributed by atoms with Gasteiger partial charge in [-0.1, -0.05) is 29.8 Å². The van der Waals surface area contributed by atoms with Crippen LogP contribution in [0.2, 0.25) is 0 Å².